The molecule has 0 aliphatic heterocycles. The number of aromatic amines is 2. The van der Waals surface area contributed by atoms with Gasteiger partial charge in [-0.1, -0.05) is 66.7 Å². The van der Waals surface area contributed by atoms with E-state index in [4.69, 9.17) is 14.6 Å². The Balaban J connectivity index is 0.000000204. The Morgan fingerprint density at radius 2 is 1.17 bits per heavy atom. The second-order valence-corrected chi connectivity index (χ2v) is 14.4. The maximum atomic E-state index is 12.5. The van der Waals surface area contributed by atoms with Crippen molar-refractivity contribution in [3.63, 3.8) is 0 Å². The molecule has 10 nitrogen and oxygen atoms in total. The van der Waals surface area contributed by atoms with E-state index in [1.165, 1.54) is 20.3 Å². The lowest BCUT2D eigenvalue weighted by molar-refractivity contribution is -0.140. The molecule has 0 saturated heterocycles. The molecular weight excluding hydrogens is 745 g/mol. The highest BCUT2D eigenvalue weighted by Crippen LogP contribution is 2.33. The fourth-order valence-corrected chi connectivity index (χ4v) is 7.31. The lowest BCUT2D eigenvalue weighted by Gasteiger charge is -2.11. The molecule has 0 saturated carbocycles. The predicted octanol–water partition coefficient (Wildman–Crippen LogP) is 10.3. The number of aromatic nitrogens is 2. The fourth-order valence-electron chi connectivity index (χ4n) is 7.31. The molecule has 0 spiro atoms. The van der Waals surface area contributed by atoms with E-state index in [0.29, 0.717) is 18.4 Å². The molecule has 0 amide bonds. The highest BCUT2D eigenvalue weighted by Gasteiger charge is 2.15. The van der Waals surface area contributed by atoms with E-state index in [-0.39, 0.29) is 30.1 Å². The molecule has 0 aliphatic carbocycles. The zero-order valence-corrected chi connectivity index (χ0v) is 33.9. The van der Waals surface area contributed by atoms with Crippen LogP contribution in [-0.4, -0.2) is 53.2 Å². The monoisotopic (exact) mass is 790 g/mol. The molecule has 0 radical (unpaired) electrons. The van der Waals surface area contributed by atoms with Crippen LogP contribution in [0.3, 0.4) is 0 Å². The molecule has 2 aromatic heterocycles. The normalized spacial score (nSPS) is 11.0. The van der Waals surface area contributed by atoms with Gasteiger partial charge in [0.05, 0.1) is 25.3 Å². The van der Waals surface area contributed by atoms with Crippen LogP contribution in [0, 0.1) is 27.7 Å². The second-order valence-electron chi connectivity index (χ2n) is 14.4. The van der Waals surface area contributed by atoms with E-state index in [0.717, 1.165) is 83.3 Å². The first-order chi connectivity index (χ1) is 28.3. The molecule has 7 rings (SSSR count). The number of carbonyl (C=O) groups is 4. The number of carboxylic acid groups (broad SMARTS) is 1. The minimum absolute atomic E-state index is 0.214. The van der Waals surface area contributed by atoms with Gasteiger partial charge < -0.3 is 29.3 Å². The minimum atomic E-state index is -0.939. The van der Waals surface area contributed by atoms with Crippen LogP contribution in [-0.2, 0) is 36.8 Å². The quantitative estimate of drug-likeness (QED) is 0.0666. The number of aromatic carboxylic acids is 1. The third kappa shape index (κ3) is 10.0. The van der Waals surface area contributed by atoms with Gasteiger partial charge in [0, 0.05) is 56.8 Å². The molecule has 0 atom stereocenters. The van der Waals surface area contributed by atoms with E-state index >= 15 is 0 Å². The number of esters is 3. The highest BCUT2D eigenvalue weighted by molar-refractivity contribution is 5.97. The van der Waals surface area contributed by atoms with Gasteiger partial charge >= 0.3 is 23.9 Å². The number of aryl methyl sites for hydroxylation is 5. The average molecular weight is 791 g/mol. The van der Waals surface area contributed by atoms with Crippen LogP contribution in [0.15, 0.2) is 109 Å². The molecule has 2 heterocycles. The summed E-state index contributed by atoms with van der Waals surface area (Å²) in [5.41, 5.74) is 13.9. The zero-order chi connectivity index (χ0) is 42.2. The van der Waals surface area contributed by atoms with Crippen LogP contribution in [0.2, 0.25) is 0 Å². The Hall–Kier alpha value is -7.20. The maximum absolute atomic E-state index is 12.5. The molecule has 0 unspecified atom stereocenters. The standard InChI is InChI=1S/C28H25NO4.C21H21NO4/c1-18-13-21(9-12-26(30)32-3)14-19(2)27(18)25-15-22-10-11-23(16-24(22)29-25)28(31)33-17-20-7-5-4-6-8-20;1-12-8-14(4-7-19(23)26-3)9-13(2)20(12)18-10-15-5-6-16(21(24)25)11-17(15)22-18/h4-16,29H,17H2,1-3H3;5-6,8-11,22H,4,7H2,1-3H3,(H,24,25)/b12-9+;. The van der Waals surface area contributed by atoms with Gasteiger partial charge in [-0.2, -0.15) is 0 Å². The highest BCUT2D eigenvalue weighted by atomic mass is 16.5. The number of ether oxygens (including phenoxy) is 3. The van der Waals surface area contributed by atoms with Crippen LogP contribution in [0.1, 0.15) is 66.1 Å². The number of rotatable bonds is 11. The summed E-state index contributed by atoms with van der Waals surface area (Å²) in [5, 5.41) is 11.1. The van der Waals surface area contributed by atoms with Crippen LogP contribution in [0.4, 0.5) is 0 Å². The van der Waals surface area contributed by atoms with E-state index in [2.05, 4.69) is 32.9 Å². The summed E-state index contributed by atoms with van der Waals surface area (Å²) < 4.78 is 14.8. The van der Waals surface area contributed by atoms with Crippen molar-refractivity contribution in [1.82, 2.24) is 9.97 Å². The van der Waals surface area contributed by atoms with Crippen molar-refractivity contribution in [2.24, 2.45) is 0 Å². The molecule has 5 aromatic carbocycles. The van der Waals surface area contributed by atoms with Gasteiger partial charge in [0.1, 0.15) is 6.61 Å². The number of H-pyrrole nitrogens is 2. The first-order valence-corrected chi connectivity index (χ1v) is 19.1. The van der Waals surface area contributed by atoms with Gasteiger partial charge in [0.2, 0.25) is 0 Å². The number of carbonyl (C=O) groups excluding carboxylic acids is 3. The third-order valence-corrected chi connectivity index (χ3v) is 10.1. The Kier molecular flexibility index (Phi) is 12.9. The van der Waals surface area contributed by atoms with Gasteiger partial charge in [-0.15, -0.1) is 0 Å². The molecule has 0 aliphatic rings. The molecule has 7 aromatic rings. The Morgan fingerprint density at radius 1 is 0.627 bits per heavy atom. The summed E-state index contributed by atoms with van der Waals surface area (Å²) in [6.07, 6.45) is 4.16. The number of methoxy groups -OCH3 is 2. The lowest BCUT2D eigenvalue weighted by atomic mass is 9.95. The Morgan fingerprint density at radius 3 is 1.71 bits per heavy atom. The molecule has 0 bridgehead atoms. The van der Waals surface area contributed by atoms with Crippen molar-refractivity contribution < 1.29 is 38.5 Å². The average Bonchev–Trinajstić information content (AvgIpc) is 3.84. The summed E-state index contributed by atoms with van der Waals surface area (Å²) in [5.74, 6) is -1.89. The molecular formula is C49H46N2O8. The van der Waals surface area contributed by atoms with Crippen molar-refractivity contribution in [2.75, 3.05) is 14.2 Å². The summed E-state index contributed by atoms with van der Waals surface area (Å²) in [6.45, 7) is 8.39. The van der Waals surface area contributed by atoms with Crippen molar-refractivity contribution in [3.8, 4) is 22.5 Å². The van der Waals surface area contributed by atoms with Crippen molar-refractivity contribution in [1.29, 1.82) is 0 Å². The van der Waals surface area contributed by atoms with E-state index < -0.39 is 5.97 Å². The van der Waals surface area contributed by atoms with Gasteiger partial charge in [0.15, 0.2) is 0 Å². The Labute approximate surface area is 342 Å². The van der Waals surface area contributed by atoms with Gasteiger partial charge in [-0.3, -0.25) is 4.79 Å². The topological polar surface area (TPSA) is 148 Å². The number of nitrogens with one attached hydrogen (secondary N) is 2. The van der Waals surface area contributed by atoms with Crippen LogP contribution < -0.4 is 0 Å². The van der Waals surface area contributed by atoms with Crippen LogP contribution >= 0.6 is 0 Å². The Bertz CT molecular complexity index is 2670. The fraction of sp³-hybridized carbons (Fsp3) is 0.184. The summed E-state index contributed by atoms with van der Waals surface area (Å²) >= 11 is 0. The number of hydrogen-bond acceptors (Lipinski definition) is 7. The first-order valence-electron chi connectivity index (χ1n) is 19.1. The molecule has 59 heavy (non-hydrogen) atoms. The van der Waals surface area contributed by atoms with E-state index in [9.17, 15) is 19.2 Å². The number of carboxylic acids is 1. The molecule has 10 heteroatoms. The van der Waals surface area contributed by atoms with Gasteiger partial charge in [0.25, 0.3) is 0 Å². The maximum Gasteiger partial charge on any atom is 0.338 e. The van der Waals surface area contributed by atoms with Gasteiger partial charge in [-0.05, 0) is 116 Å². The SMILES string of the molecule is COC(=O)/C=C/c1cc(C)c(-c2cc3ccc(C(=O)OCc4ccccc4)cc3[nH]2)c(C)c1.COC(=O)CCc1cc(C)c(-c2cc3ccc(C(=O)O)cc3[nH]2)c(C)c1. The summed E-state index contributed by atoms with van der Waals surface area (Å²) in [4.78, 5) is 53.2. The van der Waals surface area contributed by atoms with E-state index in [1.807, 2.05) is 94.4 Å². The van der Waals surface area contributed by atoms with Gasteiger partial charge in [-0.25, -0.2) is 14.4 Å². The third-order valence-electron chi connectivity index (χ3n) is 10.1. The molecule has 300 valence electrons. The van der Waals surface area contributed by atoms with E-state index in [1.54, 1.807) is 24.3 Å². The van der Waals surface area contributed by atoms with Crippen molar-refractivity contribution in [3.05, 3.63) is 159 Å². The summed E-state index contributed by atoms with van der Waals surface area (Å²) in [6, 6.07) is 32.6. The zero-order valence-electron chi connectivity index (χ0n) is 33.9. The molecule has 0 fully saturated rings. The first kappa shape index (κ1) is 41.4. The van der Waals surface area contributed by atoms with Crippen molar-refractivity contribution in [2.45, 2.75) is 47.1 Å². The number of benzene rings is 5. The number of hydrogen-bond donors (Lipinski definition) is 3. The van der Waals surface area contributed by atoms with Crippen LogP contribution in [0.5, 0.6) is 0 Å². The number of fused-ring (bicyclic) bond motifs is 2. The van der Waals surface area contributed by atoms with Crippen molar-refractivity contribution >= 4 is 51.8 Å². The smallest absolute Gasteiger partial charge is 0.338 e. The van der Waals surface area contributed by atoms with Crippen LogP contribution in [0.25, 0.3) is 50.4 Å². The summed E-state index contributed by atoms with van der Waals surface area (Å²) in [7, 11) is 2.75. The second kappa shape index (κ2) is 18.4. The molecule has 3 N–H and O–H groups in total. The largest absolute Gasteiger partial charge is 0.478 e. The predicted molar refractivity (Wildman–Crippen MR) is 230 cm³/mol. The lowest BCUT2D eigenvalue weighted by Crippen LogP contribution is -2.05. The minimum Gasteiger partial charge on any atom is -0.478 e.